The van der Waals surface area contributed by atoms with E-state index in [0.29, 0.717) is 0 Å². The van der Waals surface area contributed by atoms with E-state index < -0.39 is 83.4 Å². The maximum absolute atomic E-state index is 13.7. The van der Waals surface area contributed by atoms with Gasteiger partial charge >= 0.3 is 83.4 Å². The average molecular weight is 736 g/mol. The van der Waals surface area contributed by atoms with Gasteiger partial charge in [0.2, 0.25) is 0 Å². The van der Waals surface area contributed by atoms with Gasteiger partial charge in [-0.1, -0.05) is 0 Å². The molecule has 30 heteroatoms. The van der Waals surface area contributed by atoms with Gasteiger partial charge in [-0.05, 0) is 0 Å². The van der Waals surface area contributed by atoms with Gasteiger partial charge in [-0.25, -0.2) is 0 Å². The van der Waals surface area contributed by atoms with Crippen LogP contribution in [0.3, 0.4) is 0 Å². The van der Waals surface area contributed by atoms with Crippen molar-refractivity contribution < 1.29 is 132 Å². The number of hydrogen-bond donors (Lipinski definition) is 1. The van der Waals surface area contributed by atoms with Crippen LogP contribution in [0.4, 0.5) is 127 Å². The second-order valence-corrected chi connectivity index (χ2v) is 7.94. The first-order chi connectivity index (χ1) is 18.2. The molecule has 0 aliphatic heterocycles. The first kappa shape index (κ1) is 41.9. The summed E-state index contributed by atoms with van der Waals surface area (Å²) < 4.78 is 377. The summed E-state index contributed by atoms with van der Waals surface area (Å²) in [5, 5.41) is 8.15. The molecule has 0 rings (SSSR count). The van der Waals surface area contributed by atoms with E-state index in [9.17, 15) is 127 Å². The third-order valence-corrected chi connectivity index (χ3v) is 5.09. The maximum Gasteiger partial charge on any atom is 0.460 e. The molecule has 0 saturated carbocycles. The summed E-state index contributed by atoms with van der Waals surface area (Å²) >= 11 is 0. The summed E-state index contributed by atoms with van der Waals surface area (Å²) in [4.78, 5) is 0. The normalized spacial score (nSPS) is 18.4. The number of halogens is 29. The van der Waals surface area contributed by atoms with Gasteiger partial charge in [0.25, 0.3) is 0 Å². The van der Waals surface area contributed by atoms with Crippen molar-refractivity contribution in [2.45, 2.75) is 83.4 Å². The van der Waals surface area contributed by atoms with Gasteiger partial charge in [0.05, 0.1) is 0 Å². The minimum absolute atomic E-state index is 8.15. The molecule has 0 bridgehead atoms. The quantitative estimate of drug-likeness (QED) is 0.211. The van der Waals surface area contributed by atoms with Crippen molar-refractivity contribution in [1.82, 2.24) is 0 Å². The Morgan fingerprint density at radius 2 is 0.295 bits per heavy atom. The van der Waals surface area contributed by atoms with E-state index in [-0.39, 0.29) is 0 Å². The Kier molecular flexibility index (Phi) is 9.26. The summed E-state index contributed by atoms with van der Waals surface area (Å²) in [5.74, 6) is -113. The molecule has 0 aromatic carbocycles. The van der Waals surface area contributed by atoms with E-state index in [1.807, 2.05) is 0 Å². The van der Waals surface area contributed by atoms with Crippen LogP contribution in [0.5, 0.6) is 0 Å². The molecule has 0 fully saturated rings. The molecule has 0 aromatic heterocycles. The van der Waals surface area contributed by atoms with Crippen molar-refractivity contribution in [2.75, 3.05) is 0 Å². The third kappa shape index (κ3) is 4.58. The van der Waals surface area contributed by atoms with Crippen LogP contribution in [-0.4, -0.2) is 88.5 Å². The van der Waals surface area contributed by atoms with Crippen LogP contribution in [0.1, 0.15) is 0 Å². The molecule has 266 valence electrons. The highest BCUT2D eigenvalue weighted by molar-refractivity contribution is 5.20. The van der Waals surface area contributed by atoms with Crippen LogP contribution in [0.15, 0.2) is 0 Å². The third-order valence-electron chi connectivity index (χ3n) is 5.09. The lowest BCUT2D eigenvalue weighted by atomic mass is 9.83. The van der Waals surface area contributed by atoms with E-state index in [1.165, 1.54) is 0 Å². The Hall–Kier alpha value is -2.07. The van der Waals surface area contributed by atoms with Gasteiger partial charge in [-0.2, -0.15) is 127 Å². The zero-order chi connectivity index (χ0) is 37.0. The number of alkyl halides is 29. The topological polar surface area (TPSA) is 20.2 Å². The first-order valence-corrected chi connectivity index (χ1v) is 8.95. The number of hydrogen-bond acceptors (Lipinski definition) is 1. The summed E-state index contributed by atoms with van der Waals surface area (Å²) in [7, 11) is 0. The molecule has 0 heterocycles. The first-order valence-electron chi connectivity index (χ1n) is 8.95. The SMILES string of the molecule is OC(F)(C(F)(F)C(F)(F)C(F)(F)C(F)(F)C(F)(F)C(F)(F)F)C(F)(F)C(F)(F)C(F)(F)C(F)(F)C(F)(F)C(F)(F)C(F)(F)F. The van der Waals surface area contributed by atoms with Crippen LogP contribution in [-0.2, 0) is 0 Å². The molecule has 0 radical (unpaired) electrons. The largest absolute Gasteiger partial charge is 0.460 e. The Morgan fingerprint density at radius 1 is 0.182 bits per heavy atom. The molecule has 0 aliphatic rings. The van der Waals surface area contributed by atoms with Crippen LogP contribution < -0.4 is 0 Å². The van der Waals surface area contributed by atoms with E-state index in [0.717, 1.165) is 0 Å². The van der Waals surface area contributed by atoms with Crippen molar-refractivity contribution in [3.63, 3.8) is 0 Å². The molecule has 0 aliphatic carbocycles. The lowest BCUT2D eigenvalue weighted by molar-refractivity contribution is -0.498. The molecule has 1 N–H and O–H groups in total. The molecule has 0 amide bonds. The van der Waals surface area contributed by atoms with E-state index >= 15 is 0 Å². The maximum atomic E-state index is 13.7. The monoisotopic (exact) mass is 736 g/mol. The van der Waals surface area contributed by atoms with Crippen molar-refractivity contribution in [2.24, 2.45) is 0 Å². The fraction of sp³-hybridized carbons (Fsp3) is 1.00. The minimum atomic E-state index is -9.79. The van der Waals surface area contributed by atoms with Crippen LogP contribution in [0, 0.1) is 0 Å². The molecule has 1 nitrogen and oxygen atoms in total. The molecule has 0 spiro atoms. The standard InChI is InChI=1S/C14HF29O/c15-1(16,2(17,18)6(25,26)10(33,34)13(38,39)40)4(21,22)8(29,30)12(37,44)9(31,32)5(23,24)3(19,20)7(27,28)11(35,36)14(41,42)43/h44H. The fourth-order valence-electron chi connectivity index (χ4n) is 2.35. The van der Waals surface area contributed by atoms with Gasteiger partial charge in [0.1, 0.15) is 0 Å². The lowest BCUT2D eigenvalue weighted by Crippen LogP contribution is -2.80. The smallest absolute Gasteiger partial charge is 0.352 e. The molecule has 44 heavy (non-hydrogen) atoms. The Bertz CT molecular complexity index is 969. The number of aliphatic hydroxyl groups is 1. The zero-order valence-electron chi connectivity index (χ0n) is 18.4. The Labute approximate surface area is 217 Å². The fourth-order valence-corrected chi connectivity index (χ4v) is 2.35. The predicted octanol–water partition coefficient (Wildman–Crippen LogP) is 8.76. The average Bonchev–Trinajstić information content (AvgIpc) is 2.75. The zero-order valence-corrected chi connectivity index (χ0v) is 18.4. The minimum Gasteiger partial charge on any atom is -0.352 e. The van der Waals surface area contributed by atoms with Gasteiger partial charge in [0.15, 0.2) is 0 Å². The molecule has 0 aromatic rings. The van der Waals surface area contributed by atoms with Crippen LogP contribution in [0.2, 0.25) is 0 Å². The Balaban J connectivity index is 7.52. The molecule has 1 atom stereocenters. The van der Waals surface area contributed by atoms with Crippen LogP contribution in [0.25, 0.3) is 0 Å². The van der Waals surface area contributed by atoms with Gasteiger partial charge < -0.3 is 5.11 Å². The lowest BCUT2D eigenvalue weighted by Gasteiger charge is -2.46. The van der Waals surface area contributed by atoms with Gasteiger partial charge in [-0.3, -0.25) is 0 Å². The van der Waals surface area contributed by atoms with Crippen molar-refractivity contribution in [3.05, 3.63) is 0 Å². The number of rotatable bonds is 11. The second kappa shape index (κ2) is 9.72. The van der Waals surface area contributed by atoms with Crippen molar-refractivity contribution in [3.8, 4) is 0 Å². The van der Waals surface area contributed by atoms with E-state index in [1.54, 1.807) is 0 Å². The second-order valence-electron chi connectivity index (χ2n) is 7.94. The predicted molar refractivity (Wildman–Crippen MR) is 72.6 cm³/mol. The highest BCUT2D eigenvalue weighted by Crippen LogP contribution is 2.68. The van der Waals surface area contributed by atoms with Gasteiger partial charge in [-0.15, -0.1) is 0 Å². The Morgan fingerprint density at radius 3 is 0.432 bits per heavy atom. The molecule has 0 saturated heterocycles. The molecular formula is C14HF29O. The van der Waals surface area contributed by atoms with E-state index in [4.69, 9.17) is 5.11 Å². The highest BCUT2D eigenvalue weighted by atomic mass is 19.4. The summed E-state index contributed by atoms with van der Waals surface area (Å²) in [6, 6.07) is 0. The molecular weight excluding hydrogens is 735 g/mol. The summed E-state index contributed by atoms with van der Waals surface area (Å²) in [6.07, 6.45) is -16.6. The summed E-state index contributed by atoms with van der Waals surface area (Å²) in [5.41, 5.74) is 0. The van der Waals surface area contributed by atoms with Crippen molar-refractivity contribution in [1.29, 1.82) is 0 Å². The summed E-state index contributed by atoms with van der Waals surface area (Å²) in [6.45, 7) is 0. The van der Waals surface area contributed by atoms with Crippen LogP contribution >= 0.6 is 0 Å². The van der Waals surface area contributed by atoms with E-state index in [2.05, 4.69) is 0 Å². The molecule has 1 unspecified atom stereocenters. The van der Waals surface area contributed by atoms with Gasteiger partial charge in [0, 0.05) is 0 Å². The van der Waals surface area contributed by atoms with Crippen molar-refractivity contribution >= 4 is 0 Å². The highest BCUT2D eigenvalue weighted by Gasteiger charge is 3.00.